The van der Waals surface area contributed by atoms with E-state index in [-0.39, 0.29) is 6.61 Å². The summed E-state index contributed by atoms with van der Waals surface area (Å²) >= 11 is 0. The standard InChI is InChI=1S/C6H15NOS2/c1-2-7-3-5-9-10-6-4-8/h7-8H,2-6H2,1H3/i1T. The number of nitrogens with one attached hydrogen (secondary N) is 1. The van der Waals surface area contributed by atoms with Crippen LogP contribution in [0.4, 0.5) is 0 Å². The van der Waals surface area contributed by atoms with Crippen molar-refractivity contribution in [3.63, 3.8) is 0 Å². The smallest absolute Gasteiger partial charge is 0.0530 e. The van der Waals surface area contributed by atoms with E-state index in [0.717, 1.165) is 24.6 Å². The molecule has 0 amide bonds. The summed E-state index contributed by atoms with van der Waals surface area (Å²) in [6.45, 7) is 2.46. The first-order chi connectivity index (χ1) is 5.41. The molecule has 62 valence electrons. The molecule has 10 heavy (non-hydrogen) atoms. The van der Waals surface area contributed by atoms with Crippen molar-refractivity contribution in [2.75, 3.05) is 31.2 Å². The van der Waals surface area contributed by atoms with Gasteiger partial charge in [-0.15, -0.1) is 0 Å². The van der Waals surface area contributed by atoms with Crippen LogP contribution in [0, 0.1) is 0 Å². The van der Waals surface area contributed by atoms with Gasteiger partial charge in [-0.2, -0.15) is 0 Å². The summed E-state index contributed by atoms with van der Waals surface area (Å²) in [5.74, 6) is 1.85. The average Bonchev–Trinajstić information content (AvgIpc) is 2.03. The summed E-state index contributed by atoms with van der Waals surface area (Å²) in [5, 5.41) is 11.6. The van der Waals surface area contributed by atoms with Crippen LogP contribution in [0.15, 0.2) is 0 Å². The van der Waals surface area contributed by atoms with E-state index in [2.05, 4.69) is 5.32 Å². The lowest BCUT2D eigenvalue weighted by Gasteiger charge is -1.99. The third-order valence-electron chi connectivity index (χ3n) is 0.797. The molecule has 0 saturated heterocycles. The lowest BCUT2D eigenvalue weighted by atomic mass is 10.7. The minimum atomic E-state index is 0.262. The van der Waals surface area contributed by atoms with Gasteiger partial charge in [0.2, 0.25) is 0 Å². The van der Waals surface area contributed by atoms with E-state index in [1.165, 1.54) is 0 Å². The van der Waals surface area contributed by atoms with Gasteiger partial charge in [0.25, 0.3) is 0 Å². The summed E-state index contributed by atoms with van der Waals surface area (Å²) in [6.07, 6.45) is 0. The molecular formula is C6H15NOS2. The first kappa shape index (κ1) is 8.71. The molecule has 0 fully saturated rings. The van der Waals surface area contributed by atoms with Gasteiger partial charge < -0.3 is 10.4 Å². The SMILES string of the molecule is [3H]CCNCCSSCCO. The van der Waals surface area contributed by atoms with Crippen molar-refractivity contribution in [3.05, 3.63) is 0 Å². The minimum absolute atomic E-state index is 0.262. The second-order valence-electron chi connectivity index (χ2n) is 1.62. The Bertz CT molecular complexity index is 69.6. The molecule has 2 nitrogen and oxygen atoms in total. The van der Waals surface area contributed by atoms with Gasteiger partial charge in [0.1, 0.15) is 0 Å². The van der Waals surface area contributed by atoms with Gasteiger partial charge in [-0.3, -0.25) is 0 Å². The molecule has 0 bridgehead atoms. The Hall–Kier alpha value is 0.620. The summed E-state index contributed by atoms with van der Waals surface area (Å²) in [4.78, 5) is 0. The fraction of sp³-hybridized carbons (Fsp3) is 1.00. The molecular weight excluding hydrogens is 166 g/mol. The first-order valence-electron chi connectivity index (χ1n) is 3.97. The van der Waals surface area contributed by atoms with Crippen LogP contribution in [0.25, 0.3) is 0 Å². The highest BCUT2D eigenvalue weighted by atomic mass is 33.1. The molecule has 0 aromatic heterocycles. The van der Waals surface area contributed by atoms with Crippen LogP contribution in [0.3, 0.4) is 0 Å². The van der Waals surface area contributed by atoms with Crippen LogP contribution in [0.2, 0.25) is 0 Å². The van der Waals surface area contributed by atoms with Gasteiger partial charge in [0.05, 0.1) is 6.61 Å². The molecule has 0 unspecified atom stereocenters. The largest absolute Gasteiger partial charge is 0.395 e. The molecule has 0 spiro atoms. The van der Waals surface area contributed by atoms with Crippen LogP contribution in [-0.4, -0.2) is 36.3 Å². The third kappa shape index (κ3) is 8.62. The molecule has 0 aliphatic carbocycles. The quantitative estimate of drug-likeness (QED) is 0.455. The van der Waals surface area contributed by atoms with E-state index < -0.39 is 0 Å². The van der Waals surface area contributed by atoms with Crippen molar-refractivity contribution >= 4 is 21.6 Å². The Morgan fingerprint density at radius 2 is 2.30 bits per heavy atom. The second-order valence-corrected chi connectivity index (χ2v) is 4.32. The van der Waals surface area contributed by atoms with Crippen LogP contribution < -0.4 is 5.32 Å². The lowest BCUT2D eigenvalue weighted by Crippen LogP contribution is -2.15. The fourth-order valence-electron chi connectivity index (χ4n) is 0.394. The molecule has 4 heteroatoms. The zero-order chi connectivity index (χ0) is 8.36. The summed E-state index contributed by atoms with van der Waals surface area (Å²) in [7, 11) is 3.45. The zero-order valence-electron chi connectivity index (χ0n) is 7.01. The highest BCUT2D eigenvalue weighted by Gasteiger charge is 1.87. The maximum absolute atomic E-state index is 8.43. The number of hydrogen-bond donors (Lipinski definition) is 2. The number of rotatable bonds is 7. The maximum Gasteiger partial charge on any atom is 0.0530 e. The molecule has 0 aromatic rings. The average molecular weight is 183 g/mol. The van der Waals surface area contributed by atoms with E-state index in [4.69, 9.17) is 6.48 Å². The zero-order valence-corrected chi connectivity index (χ0v) is 7.64. The Labute approximate surface area is 72.0 Å². The summed E-state index contributed by atoms with van der Waals surface area (Å²) < 4.78 is 6.84. The molecule has 0 saturated carbocycles. The van der Waals surface area contributed by atoms with Gasteiger partial charge in [-0.05, 0) is 6.54 Å². The van der Waals surface area contributed by atoms with Gasteiger partial charge in [0.15, 0.2) is 0 Å². The predicted octanol–water partition coefficient (Wildman–Crippen LogP) is 0.970. The van der Waals surface area contributed by atoms with Crippen LogP contribution in [-0.2, 0) is 0 Å². The van der Waals surface area contributed by atoms with Crippen molar-refractivity contribution in [2.45, 2.75) is 6.90 Å². The van der Waals surface area contributed by atoms with E-state index in [1.807, 2.05) is 0 Å². The topological polar surface area (TPSA) is 32.3 Å². The first-order valence-corrected chi connectivity index (χ1v) is 5.76. The lowest BCUT2D eigenvalue weighted by molar-refractivity contribution is 0.323. The van der Waals surface area contributed by atoms with E-state index >= 15 is 0 Å². The molecule has 0 aliphatic rings. The van der Waals surface area contributed by atoms with E-state index in [0.29, 0.717) is 6.90 Å². The molecule has 0 heterocycles. The fourth-order valence-corrected chi connectivity index (χ4v) is 2.11. The van der Waals surface area contributed by atoms with Gasteiger partial charge in [-0.25, -0.2) is 0 Å². The molecule has 2 N–H and O–H groups in total. The molecule has 0 rings (SSSR count). The normalized spacial score (nSPS) is 11.5. The van der Waals surface area contributed by atoms with Gasteiger partial charge in [0, 0.05) is 19.4 Å². The Morgan fingerprint density at radius 1 is 1.50 bits per heavy atom. The number of hydrogen-bond acceptors (Lipinski definition) is 4. The highest BCUT2D eigenvalue weighted by molar-refractivity contribution is 8.76. The van der Waals surface area contributed by atoms with Crippen molar-refractivity contribution < 1.29 is 6.48 Å². The van der Waals surface area contributed by atoms with E-state index in [1.54, 1.807) is 21.6 Å². The monoisotopic (exact) mass is 183 g/mol. The molecule has 0 aliphatic heterocycles. The van der Waals surface area contributed by atoms with Crippen molar-refractivity contribution in [3.8, 4) is 0 Å². The number of aliphatic hydroxyl groups is 1. The Morgan fingerprint density at radius 3 is 3.00 bits per heavy atom. The molecule has 0 atom stereocenters. The summed E-state index contributed by atoms with van der Waals surface area (Å²) in [5.41, 5.74) is 0. The minimum Gasteiger partial charge on any atom is -0.395 e. The summed E-state index contributed by atoms with van der Waals surface area (Å²) in [6, 6.07) is 0. The van der Waals surface area contributed by atoms with Crippen LogP contribution in [0.5, 0.6) is 0 Å². The van der Waals surface area contributed by atoms with Gasteiger partial charge in [-0.1, -0.05) is 28.5 Å². The van der Waals surface area contributed by atoms with Crippen molar-refractivity contribution in [2.24, 2.45) is 0 Å². The maximum atomic E-state index is 8.43. The Kier molecular flexibility index (Phi) is 8.38. The van der Waals surface area contributed by atoms with Crippen LogP contribution >= 0.6 is 21.6 Å². The predicted molar refractivity (Wildman–Crippen MR) is 50.5 cm³/mol. The molecule has 0 aromatic carbocycles. The molecule has 0 radical (unpaired) electrons. The van der Waals surface area contributed by atoms with Crippen molar-refractivity contribution in [1.82, 2.24) is 5.32 Å². The highest BCUT2D eigenvalue weighted by Crippen LogP contribution is 2.18. The van der Waals surface area contributed by atoms with E-state index in [9.17, 15) is 0 Å². The van der Waals surface area contributed by atoms with Gasteiger partial charge >= 0.3 is 0 Å². The van der Waals surface area contributed by atoms with Crippen LogP contribution in [0.1, 0.15) is 8.27 Å². The number of aliphatic hydroxyl groups excluding tert-OH is 1. The Balaban J connectivity index is 2.69. The van der Waals surface area contributed by atoms with Crippen molar-refractivity contribution in [1.29, 1.82) is 0 Å². The third-order valence-corrected chi connectivity index (χ3v) is 3.18. The second kappa shape index (κ2) is 9.62.